The maximum atomic E-state index is 14.4. The van der Waals surface area contributed by atoms with E-state index in [0.717, 1.165) is 9.80 Å². The summed E-state index contributed by atoms with van der Waals surface area (Å²) in [5.74, 6) is -9.10. The van der Waals surface area contributed by atoms with Gasteiger partial charge in [-0.2, -0.15) is 0 Å². The summed E-state index contributed by atoms with van der Waals surface area (Å²) in [4.78, 5) is 96.2. The van der Waals surface area contributed by atoms with Crippen LogP contribution in [0.5, 0.6) is 11.5 Å². The number of nitrogens with zero attached hydrogens (tertiary/aromatic N) is 2. The summed E-state index contributed by atoms with van der Waals surface area (Å²) in [5, 5.41) is 0. The molecule has 3 fully saturated rings. The predicted molar refractivity (Wildman–Crippen MR) is 155 cm³/mol. The molecule has 45 heavy (non-hydrogen) atoms. The van der Waals surface area contributed by atoms with E-state index in [4.69, 9.17) is 14.2 Å². The highest BCUT2D eigenvalue weighted by Gasteiger charge is 2.82. The number of amides is 4. The third kappa shape index (κ3) is 4.00. The molecule has 7 rings (SSSR count). The minimum absolute atomic E-state index is 0.0627. The summed E-state index contributed by atoms with van der Waals surface area (Å²) in [6.45, 7) is 7.32. The van der Waals surface area contributed by atoms with E-state index in [1.807, 2.05) is 0 Å². The van der Waals surface area contributed by atoms with Crippen LogP contribution in [-0.4, -0.2) is 48.1 Å². The molecule has 12 nitrogen and oxygen atoms in total. The number of ether oxygens (including phenoxy) is 3. The van der Waals surface area contributed by atoms with Crippen molar-refractivity contribution < 1.29 is 47.8 Å². The Hall–Kier alpha value is -5.13. The second-order valence-corrected chi connectivity index (χ2v) is 11.9. The number of anilines is 2. The molecule has 2 aromatic carbocycles. The van der Waals surface area contributed by atoms with E-state index in [1.165, 1.54) is 62.4 Å². The van der Waals surface area contributed by atoms with Crippen LogP contribution in [0, 0.1) is 34.5 Å². The Bertz CT molecular complexity index is 1620. The lowest BCUT2D eigenvalue weighted by Crippen LogP contribution is -2.66. The molecule has 0 spiro atoms. The quantitative estimate of drug-likeness (QED) is 0.205. The fourth-order valence-corrected chi connectivity index (χ4v) is 7.99. The van der Waals surface area contributed by atoms with Gasteiger partial charge >= 0.3 is 17.9 Å². The lowest BCUT2D eigenvalue weighted by Gasteiger charge is -2.58. The van der Waals surface area contributed by atoms with Crippen molar-refractivity contribution in [3.8, 4) is 11.5 Å². The van der Waals surface area contributed by atoms with Crippen molar-refractivity contribution >= 4 is 52.9 Å². The first kappa shape index (κ1) is 29.9. The number of esters is 3. The van der Waals surface area contributed by atoms with Gasteiger partial charge in [0, 0.05) is 19.3 Å². The van der Waals surface area contributed by atoms with Crippen LogP contribution in [0.25, 0.3) is 0 Å². The van der Waals surface area contributed by atoms with Gasteiger partial charge in [-0.1, -0.05) is 18.6 Å². The molecule has 12 heteroatoms. The average Bonchev–Trinajstić information content (AvgIpc) is 3.40. The standard InChI is InChI=1S/C33H30N2O10/c1-6-43-31(42)33-16(2)15-32(5,23-25(33)29(40)34(27(23)38)19-7-11-21(12-8-19)44-17(3)36)24-26(33)30(41)35(28(24)39)20-9-13-22(14-10-20)45-18(4)37/h7-15,23-26H,6H2,1-5H3/t23-,24-,25-,26-,32?,33?/m1/s1. The number of carbonyl (C=O) groups excluding carboxylic acids is 7. The molecule has 1 saturated carbocycles. The average molecular weight is 615 g/mol. The first-order valence-corrected chi connectivity index (χ1v) is 14.5. The van der Waals surface area contributed by atoms with E-state index in [9.17, 15) is 33.6 Å². The van der Waals surface area contributed by atoms with Crippen LogP contribution >= 0.6 is 0 Å². The third-order valence-corrected chi connectivity index (χ3v) is 9.44. The van der Waals surface area contributed by atoms with Crippen molar-refractivity contribution in [3.05, 3.63) is 60.2 Å². The van der Waals surface area contributed by atoms with Gasteiger partial charge in [-0.3, -0.25) is 33.6 Å². The second-order valence-electron chi connectivity index (χ2n) is 11.9. The van der Waals surface area contributed by atoms with Crippen LogP contribution in [0.1, 0.15) is 34.6 Å². The number of hydrogen-bond acceptors (Lipinski definition) is 10. The van der Waals surface area contributed by atoms with Crippen molar-refractivity contribution in [2.24, 2.45) is 34.5 Å². The SMILES string of the molecule is CCOC(=O)C12C(C)=CC(C)([C@H]3C(=O)N(c4ccc(OC(C)=O)cc4)C(=O)[C@@H]31)[C@H]1C(=O)N(c3ccc(OC(C)=O)cc3)C(=O)[C@@H]12. The zero-order chi connectivity index (χ0) is 32.6. The van der Waals surface area contributed by atoms with Crippen LogP contribution in [0.15, 0.2) is 60.2 Å². The van der Waals surface area contributed by atoms with Gasteiger partial charge < -0.3 is 14.2 Å². The lowest BCUT2D eigenvalue weighted by atomic mass is 9.39. The van der Waals surface area contributed by atoms with Crippen molar-refractivity contribution in [1.82, 2.24) is 0 Å². The van der Waals surface area contributed by atoms with E-state index in [0.29, 0.717) is 5.57 Å². The molecule has 5 aliphatic rings. The fourth-order valence-electron chi connectivity index (χ4n) is 7.99. The molecule has 2 bridgehead atoms. The van der Waals surface area contributed by atoms with Gasteiger partial charge in [0.05, 0.1) is 41.7 Å². The molecule has 0 N–H and O–H groups in total. The first-order chi connectivity index (χ1) is 21.3. The second kappa shape index (κ2) is 10.2. The first-order valence-electron chi connectivity index (χ1n) is 14.5. The van der Waals surface area contributed by atoms with Gasteiger partial charge in [0.2, 0.25) is 23.6 Å². The van der Waals surface area contributed by atoms with Gasteiger partial charge in [0.25, 0.3) is 0 Å². The number of allylic oxidation sites excluding steroid dienone is 1. The number of carbonyl (C=O) groups is 7. The molecule has 232 valence electrons. The Morgan fingerprint density at radius 2 is 1.07 bits per heavy atom. The number of benzene rings is 2. The van der Waals surface area contributed by atoms with Gasteiger partial charge in [-0.25, -0.2) is 9.80 Å². The maximum Gasteiger partial charge on any atom is 0.317 e. The van der Waals surface area contributed by atoms with Crippen molar-refractivity contribution in [2.75, 3.05) is 16.4 Å². The highest BCUT2D eigenvalue weighted by Crippen LogP contribution is 2.71. The van der Waals surface area contributed by atoms with Crippen LogP contribution in [-0.2, 0) is 38.3 Å². The summed E-state index contributed by atoms with van der Waals surface area (Å²) >= 11 is 0. The van der Waals surface area contributed by atoms with E-state index < -0.39 is 76.0 Å². The minimum atomic E-state index is -1.93. The zero-order valence-corrected chi connectivity index (χ0v) is 25.2. The summed E-state index contributed by atoms with van der Waals surface area (Å²) in [6, 6.07) is 11.5. The summed E-state index contributed by atoms with van der Waals surface area (Å²) < 4.78 is 15.7. The molecule has 2 aromatic rings. The molecule has 0 aromatic heterocycles. The monoisotopic (exact) mass is 614 g/mol. The van der Waals surface area contributed by atoms with Gasteiger partial charge in [-0.05, 0) is 62.4 Å². The van der Waals surface area contributed by atoms with Gasteiger partial charge in [0.15, 0.2) is 0 Å². The van der Waals surface area contributed by atoms with Crippen molar-refractivity contribution in [2.45, 2.75) is 34.6 Å². The Labute approximate surface area is 257 Å². The molecule has 2 saturated heterocycles. The van der Waals surface area contributed by atoms with Gasteiger partial charge in [-0.15, -0.1) is 0 Å². The summed E-state index contributed by atoms with van der Waals surface area (Å²) in [7, 11) is 0. The number of hydrogen-bond donors (Lipinski definition) is 0. The van der Waals surface area contributed by atoms with Crippen LogP contribution < -0.4 is 19.3 Å². The summed E-state index contributed by atoms with van der Waals surface area (Å²) in [6.07, 6.45) is 1.68. The summed E-state index contributed by atoms with van der Waals surface area (Å²) in [5.41, 5.74) is -2.49. The number of rotatable bonds is 6. The smallest absolute Gasteiger partial charge is 0.317 e. The molecule has 0 radical (unpaired) electrons. The Balaban J connectivity index is 1.48. The molecule has 2 heterocycles. The minimum Gasteiger partial charge on any atom is -0.465 e. The molecular weight excluding hydrogens is 584 g/mol. The van der Waals surface area contributed by atoms with E-state index in [-0.39, 0.29) is 29.5 Å². The Kier molecular flexibility index (Phi) is 6.79. The third-order valence-electron chi connectivity index (χ3n) is 9.44. The number of imide groups is 2. The Morgan fingerprint density at radius 3 is 1.42 bits per heavy atom. The molecule has 4 amide bonds. The van der Waals surface area contributed by atoms with E-state index in [2.05, 4.69) is 0 Å². The predicted octanol–water partition coefficient (Wildman–Crippen LogP) is 2.98. The van der Waals surface area contributed by atoms with Crippen molar-refractivity contribution in [1.29, 1.82) is 0 Å². The van der Waals surface area contributed by atoms with Crippen LogP contribution in [0.3, 0.4) is 0 Å². The maximum absolute atomic E-state index is 14.4. The highest BCUT2D eigenvalue weighted by molar-refractivity contribution is 6.29. The van der Waals surface area contributed by atoms with E-state index >= 15 is 0 Å². The molecule has 4 atom stereocenters. The fraction of sp³-hybridized carbons (Fsp3) is 0.364. The molecule has 3 aliphatic carbocycles. The highest BCUT2D eigenvalue weighted by atomic mass is 16.5. The van der Waals surface area contributed by atoms with Crippen molar-refractivity contribution in [3.63, 3.8) is 0 Å². The largest absolute Gasteiger partial charge is 0.465 e. The topological polar surface area (TPSA) is 154 Å². The van der Waals surface area contributed by atoms with Crippen LogP contribution in [0.4, 0.5) is 11.4 Å². The lowest BCUT2D eigenvalue weighted by molar-refractivity contribution is -0.182. The Morgan fingerprint density at radius 1 is 0.689 bits per heavy atom. The van der Waals surface area contributed by atoms with Crippen LogP contribution in [0.2, 0.25) is 0 Å². The molecular formula is C33H30N2O10. The zero-order valence-electron chi connectivity index (χ0n) is 25.2. The van der Waals surface area contributed by atoms with E-state index in [1.54, 1.807) is 26.8 Å². The molecule has 2 aliphatic heterocycles. The van der Waals surface area contributed by atoms with Gasteiger partial charge in [0.1, 0.15) is 16.9 Å². The normalized spacial score (nSPS) is 29.8. The molecule has 0 unspecified atom stereocenters.